The second-order valence-electron chi connectivity index (χ2n) is 7.20. The van der Waals surface area contributed by atoms with Gasteiger partial charge in [0, 0.05) is 17.0 Å². The second-order valence-corrected chi connectivity index (χ2v) is 7.20. The summed E-state index contributed by atoms with van der Waals surface area (Å²) in [7, 11) is 3.22. The van der Waals surface area contributed by atoms with Crippen molar-refractivity contribution in [1.29, 1.82) is 0 Å². The summed E-state index contributed by atoms with van der Waals surface area (Å²) in [6, 6.07) is 15.7. The lowest BCUT2D eigenvalue weighted by molar-refractivity contribution is -0.113. The third-order valence-electron chi connectivity index (χ3n) is 5.23. The Kier molecular flexibility index (Phi) is 4.89. The molecule has 29 heavy (non-hydrogen) atoms. The van der Waals surface area contributed by atoms with Crippen molar-refractivity contribution in [2.24, 2.45) is 0 Å². The van der Waals surface area contributed by atoms with Crippen molar-refractivity contribution in [3.63, 3.8) is 0 Å². The lowest BCUT2D eigenvalue weighted by Crippen LogP contribution is -2.25. The van der Waals surface area contributed by atoms with Crippen LogP contribution in [-0.4, -0.2) is 25.1 Å². The SMILES string of the molecule is COc1ccc(CN2C(=O)/C(=C\c3[nH]c(C)cc3C)c3ccccc32)cc1OC. The number of hydrogen-bond acceptors (Lipinski definition) is 3. The van der Waals surface area contributed by atoms with Crippen LogP contribution in [0.3, 0.4) is 0 Å². The highest BCUT2D eigenvalue weighted by Crippen LogP contribution is 2.39. The van der Waals surface area contributed by atoms with Gasteiger partial charge in [0.15, 0.2) is 11.5 Å². The molecule has 0 aliphatic carbocycles. The van der Waals surface area contributed by atoms with Gasteiger partial charge < -0.3 is 19.4 Å². The maximum absolute atomic E-state index is 13.4. The number of fused-ring (bicyclic) bond motifs is 1. The van der Waals surface area contributed by atoms with Crippen LogP contribution >= 0.6 is 0 Å². The van der Waals surface area contributed by atoms with E-state index in [0.29, 0.717) is 23.6 Å². The molecular weight excluding hydrogens is 364 g/mol. The predicted molar refractivity (Wildman–Crippen MR) is 115 cm³/mol. The first-order valence-electron chi connectivity index (χ1n) is 9.52. The quantitative estimate of drug-likeness (QED) is 0.643. The van der Waals surface area contributed by atoms with Crippen LogP contribution in [-0.2, 0) is 11.3 Å². The molecule has 0 saturated heterocycles. The first-order chi connectivity index (χ1) is 14.0. The van der Waals surface area contributed by atoms with E-state index < -0.39 is 0 Å². The molecule has 148 valence electrons. The van der Waals surface area contributed by atoms with Gasteiger partial charge in [0.05, 0.1) is 32.0 Å². The Bertz CT molecular complexity index is 1110. The highest BCUT2D eigenvalue weighted by atomic mass is 16.5. The molecule has 0 saturated carbocycles. The van der Waals surface area contributed by atoms with Gasteiger partial charge in [-0.05, 0) is 55.3 Å². The van der Waals surface area contributed by atoms with Gasteiger partial charge in [0.1, 0.15) is 0 Å². The van der Waals surface area contributed by atoms with Gasteiger partial charge in [-0.1, -0.05) is 24.3 Å². The summed E-state index contributed by atoms with van der Waals surface area (Å²) in [4.78, 5) is 18.5. The Labute approximate surface area is 170 Å². The zero-order chi connectivity index (χ0) is 20.5. The van der Waals surface area contributed by atoms with Gasteiger partial charge >= 0.3 is 0 Å². The molecule has 4 rings (SSSR count). The number of amides is 1. The molecule has 3 aromatic rings. The Morgan fingerprint density at radius 1 is 1.00 bits per heavy atom. The number of hydrogen-bond donors (Lipinski definition) is 1. The maximum atomic E-state index is 13.4. The van der Waals surface area contributed by atoms with Crippen LogP contribution in [0.2, 0.25) is 0 Å². The van der Waals surface area contributed by atoms with Crippen molar-refractivity contribution in [3.05, 3.63) is 76.6 Å². The molecule has 0 fully saturated rings. The molecule has 0 atom stereocenters. The molecule has 1 aromatic heterocycles. The fourth-order valence-electron chi connectivity index (χ4n) is 3.81. The van der Waals surface area contributed by atoms with E-state index in [1.165, 1.54) is 0 Å². The number of aromatic nitrogens is 1. The Morgan fingerprint density at radius 2 is 1.76 bits per heavy atom. The van der Waals surface area contributed by atoms with Crippen molar-refractivity contribution in [2.75, 3.05) is 19.1 Å². The minimum atomic E-state index is -0.00682. The maximum Gasteiger partial charge on any atom is 0.259 e. The number of aromatic amines is 1. The zero-order valence-electron chi connectivity index (χ0n) is 17.1. The van der Waals surface area contributed by atoms with Crippen molar-refractivity contribution in [3.8, 4) is 11.5 Å². The fraction of sp³-hybridized carbons (Fsp3) is 0.208. The van der Waals surface area contributed by atoms with E-state index in [1.54, 1.807) is 14.2 Å². The van der Waals surface area contributed by atoms with Crippen molar-refractivity contribution >= 4 is 23.2 Å². The fourth-order valence-corrected chi connectivity index (χ4v) is 3.81. The number of ether oxygens (including phenoxy) is 2. The van der Waals surface area contributed by atoms with Crippen molar-refractivity contribution in [1.82, 2.24) is 4.98 Å². The lowest BCUT2D eigenvalue weighted by atomic mass is 10.1. The highest BCUT2D eigenvalue weighted by molar-refractivity contribution is 6.35. The number of rotatable bonds is 5. The Hall–Kier alpha value is -3.47. The van der Waals surface area contributed by atoms with E-state index >= 15 is 0 Å². The van der Waals surface area contributed by atoms with E-state index in [-0.39, 0.29) is 5.91 Å². The van der Waals surface area contributed by atoms with Crippen molar-refractivity contribution < 1.29 is 14.3 Å². The van der Waals surface area contributed by atoms with E-state index in [2.05, 4.69) is 11.1 Å². The van der Waals surface area contributed by atoms with Gasteiger partial charge in [0.2, 0.25) is 0 Å². The summed E-state index contributed by atoms with van der Waals surface area (Å²) in [5.74, 6) is 1.31. The van der Waals surface area contributed by atoms with Gasteiger partial charge in [-0.25, -0.2) is 0 Å². The molecule has 0 spiro atoms. The van der Waals surface area contributed by atoms with Crippen molar-refractivity contribution in [2.45, 2.75) is 20.4 Å². The number of nitrogens with zero attached hydrogens (tertiary/aromatic N) is 1. The standard InChI is InChI=1S/C24H24N2O3/c1-15-11-16(2)25-20(15)13-19-18-7-5-6-8-21(18)26(24(19)27)14-17-9-10-22(28-3)23(12-17)29-4/h5-13,25H,14H2,1-4H3/b19-13-. The first-order valence-corrected chi connectivity index (χ1v) is 9.52. The summed E-state index contributed by atoms with van der Waals surface area (Å²) in [6.45, 7) is 4.52. The topological polar surface area (TPSA) is 54.6 Å². The minimum Gasteiger partial charge on any atom is -0.493 e. The van der Waals surface area contributed by atoms with Crippen LogP contribution in [0.15, 0.2) is 48.5 Å². The summed E-state index contributed by atoms with van der Waals surface area (Å²) >= 11 is 0. The molecule has 2 aromatic carbocycles. The number of para-hydroxylation sites is 1. The number of methoxy groups -OCH3 is 2. The third kappa shape index (κ3) is 3.40. The zero-order valence-corrected chi connectivity index (χ0v) is 17.1. The first kappa shape index (κ1) is 18.9. The number of benzene rings is 2. The minimum absolute atomic E-state index is 0.00682. The Morgan fingerprint density at radius 3 is 2.45 bits per heavy atom. The molecule has 1 aliphatic rings. The molecule has 5 nitrogen and oxygen atoms in total. The molecule has 5 heteroatoms. The molecule has 1 N–H and O–H groups in total. The Balaban J connectivity index is 1.72. The number of H-pyrrole nitrogens is 1. The average molecular weight is 388 g/mol. The van der Waals surface area contributed by atoms with Gasteiger partial charge in [-0.15, -0.1) is 0 Å². The van der Waals surface area contributed by atoms with E-state index in [1.807, 2.05) is 67.3 Å². The van der Waals surface area contributed by atoms with Crippen LogP contribution < -0.4 is 14.4 Å². The average Bonchev–Trinajstić information content (AvgIpc) is 3.18. The van der Waals surface area contributed by atoms with Crippen LogP contribution in [0.1, 0.15) is 28.1 Å². The number of carbonyl (C=O) groups excluding carboxylic acids is 1. The smallest absolute Gasteiger partial charge is 0.259 e. The number of aryl methyl sites for hydroxylation is 2. The molecule has 0 bridgehead atoms. The summed E-state index contributed by atoms with van der Waals surface area (Å²) in [5, 5.41) is 0. The highest BCUT2D eigenvalue weighted by Gasteiger charge is 2.32. The van der Waals surface area contributed by atoms with Crippen LogP contribution in [0.4, 0.5) is 5.69 Å². The van der Waals surface area contributed by atoms with Gasteiger partial charge in [-0.3, -0.25) is 4.79 Å². The molecule has 2 heterocycles. The summed E-state index contributed by atoms with van der Waals surface area (Å²) < 4.78 is 10.7. The molecular formula is C24H24N2O3. The second kappa shape index (κ2) is 7.51. The normalized spacial score (nSPS) is 14.4. The van der Waals surface area contributed by atoms with Gasteiger partial charge in [-0.2, -0.15) is 0 Å². The lowest BCUT2D eigenvalue weighted by Gasteiger charge is -2.18. The molecule has 0 radical (unpaired) electrons. The monoisotopic (exact) mass is 388 g/mol. The van der Waals surface area contributed by atoms with Crippen LogP contribution in [0, 0.1) is 13.8 Å². The van der Waals surface area contributed by atoms with Crippen LogP contribution in [0.5, 0.6) is 11.5 Å². The molecule has 0 unspecified atom stereocenters. The number of anilines is 1. The molecule has 1 amide bonds. The van der Waals surface area contributed by atoms with E-state index in [4.69, 9.17) is 9.47 Å². The molecule has 1 aliphatic heterocycles. The summed E-state index contributed by atoms with van der Waals surface area (Å²) in [6.07, 6.45) is 1.96. The third-order valence-corrected chi connectivity index (χ3v) is 5.23. The predicted octanol–water partition coefficient (Wildman–Crippen LogP) is 4.74. The van der Waals surface area contributed by atoms with Crippen LogP contribution in [0.25, 0.3) is 11.6 Å². The van der Waals surface area contributed by atoms with E-state index in [9.17, 15) is 4.79 Å². The largest absolute Gasteiger partial charge is 0.493 e. The summed E-state index contributed by atoms with van der Waals surface area (Å²) in [5.41, 5.74) is 6.71. The van der Waals surface area contributed by atoms with Gasteiger partial charge in [0.25, 0.3) is 5.91 Å². The number of nitrogens with one attached hydrogen (secondary N) is 1. The number of carbonyl (C=O) groups is 1. The van der Waals surface area contributed by atoms with E-state index in [0.717, 1.165) is 33.8 Å².